The number of aliphatic hydroxyl groups excluding tert-OH is 1. The molecule has 106 valence electrons. The Morgan fingerprint density at radius 2 is 1.95 bits per heavy atom. The van der Waals surface area contributed by atoms with Crippen molar-refractivity contribution in [2.45, 2.75) is 19.4 Å². The van der Waals surface area contributed by atoms with E-state index in [9.17, 15) is 0 Å². The van der Waals surface area contributed by atoms with E-state index in [4.69, 9.17) is 9.84 Å². The van der Waals surface area contributed by atoms with Crippen LogP contribution in [0.4, 0.5) is 0 Å². The molecule has 0 aliphatic carbocycles. The van der Waals surface area contributed by atoms with Crippen LogP contribution in [0, 0.1) is 0 Å². The molecule has 0 aliphatic rings. The number of nitrogens with one attached hydrogen (secondary N) is 1. The second-order valence-corrected chi connectivity index (χ2v) is 4.39. The minimum atomic E-state index is 0.252. The summed E-state index contributed by atoms with van der Waals surface area (Å²) < 4.78 is 5.58. The first-order valence-corrected chi connectivity index (χ1v) is 6.74. The lowest BCUT2D eigenvalue weighted by molar-refractivity contribution is 0.283. The number of hydrogen-bond donors (Lipinski definition) is 2. The molecule has 2 N–H and O–H groups in total. The molecule has 1 aromatic heterocycles. The summed E-state index contributed by atoms with van der Waals surface area (Å²) in [7, 11) is 0. The summed E-state index contributed by atoms with van der Waals surface area (Å²) in [5.74, 6) is 0.728. The van der Waals surface area contributed by atoms with Gasteiger partial charge in [0.2, 0.25) is 0 Å². The van der Waals surface area contributed by atoms with Gasteiger partial charge in [-0.25, -0.2) is 9.97 Å². The molecule has 1 aromatic carbocycles. The van der Waals surface area contributed by atoms with Crippen molar-refractivity contribution in [1.82, 2.24) is 15.3 Å². The zero-order valence-electron chi connectivity index (χ0n) is 11.3. The highest BCUT2D eigenvalue weighted by atomic mass is 16.5. The van der Waals surface area contributed by atoms with Crippen LogP contribution in [-0.2, 0) is 6.54 Å². The van der Waals surface area contributed by atoms with Crippen molar-refractivity contribution in [3.8, 4) is 11.8 Å². The number of benzene rings is 1. The summed E-state index contributed by atoms with van der Waals surface area (Å²) in [4.78, 5) is 8.05. The van der Waals surface area contributed by atoms with Crippen LogP contribution in [0.2, 0.25) is 0 Å². The van der Waals surface area contributed by atoms with E-state index >= 15 is 0 Å². The highest BCUT2D eigenvalue weighted by Crippen LogP contribution is 2.18. The topological polar surface area (TPSA) is 67.3 Å². The molecule has 2 rings (SSSR count). The van der Waals surface area contributed by atoms with Gasteiger partial charge in [0.05, 0.1) is 0 Å². The summed E-state index contributed by atoms with van der Waals surface area (Å²) in [6, 6.07) is 9.93. The highest BCUT2D eigenvalue weighted by molar-refractivity contribution is 5.30. The van der Waals surface area contributed by atoms with Crippen LogP contribution in [-0.4, -0.2) is 28.2 Å². The molecule has 0 amide bonds. The molecule has 0 aliphatic heterocycles. The molecular formula is C15H19N3O2. The van der Waals surface area contributed by atoms with E-state index in [1.165, 1.54) is 0 Å². The Morgan fingerprint density at radius 3 is 2.75 bits per heavy atom. The van der Waals surface area contributed by atoms with Crippen molar-refractivity contribution in [1.29, 1.82) is 0 Å². The van der Waals surface area contributed by atoms with E-state index in [0.717, 1.165) is 37.2 Å². The number of aromatic nitrogens is 2. The number of rotatable bonds is 8. The summed E-state index contributed by atoms with van der Waals surface area (Å²) in [5, 5.41) is 12.0. The van der Waals surface area contributed by atoms with E-state index in [1.54, 1.807) is 18.5 Å². The molecule has 0 bridgehead atoms. The zero-order valence-corrected chi connectivity index (χ0v) is 11.3. The first-order chi connectivity index (χ1) is 9.88. The smallest absolute Gasteiger partial charge is 0.321 e. The summed E-state index contributed by atoms with van der Waals surface area (Å²) in [6.07, 6.45) is 5.11. The highest BCUT2D eigenvalue weighted by Gasteiger charge is 2.00. The number of aliphatic hydroxyl groups is 1. The molecule has 5 heteroatoms. The summed E-state index contributed by atoms with van der Waals surface area (Å²) in [6.45, 7) is 1.92. The molecule has 0 spiro atoms. The monoisotopic (exact) mass is 273 g/mol. The Balaban J connectivity index is 1.84. The first-order valence-electron chi connectivity index (χ1n) is 6.74. The molecule has 5 nitrogen and oxygen atoms in total. The van der Waals surface area contributed by atoms with Gasteiger partial charge in [-0.05, 0) is 43.1 Å². The third kappa shape index (κ3) is 4.95. The number of hydrogen-bond acceptors (Lipinski definition) is 5. The van der Waals surface area contributed by atoms with Crippen LogP contribution in [0.25, 0.3) is 0 Å². The van der Waals surface area contributed by atoms with E-state index in [1.807, 2.05) is 24.3 Å². The summed E-state index contributed by atoms with van der Waals surface area (Å²) >= 11 is 0. The molecule has 0 fully saturated rings. The number of ether oxygens (including phenoxy) is 1. The summed E-state index contributed by atoms with van der Waals surface area (Å²) in [5.41, 5.74) is 1.14. The van der Waals surface area contributed by atoms with Crippen molar-refractivity contribution in [2.75, 3.05) is 13.2 Å². The predicted molar refractivity (Wildman–Crippen MR) is 76.6 cm³/mol. The zero-order chi connectivity index (χ0) is 14.0. The minimum Gasteiger partial charge on any atom is -0.424 e. The van der Waals surface area contributed by atoms with Crippen LogP contribution in [0.5, 0.6) is 11.8 Å². The van der Waals surface area contributed by atoms with Gasteiger partial charge in [0.15, 0.2) is 0 Å². The third-order valence-electron chi connectivity index (χ3n) is 2.74. The maximum Gasteiger partial charge on any atom is 0.321 e. The Bertz CT molecular complexity index is 505. The lowest BCUT2D eigenvalue weighted by Crippen LogP contribution is -2.14. The second kappa shape index (κ2) is 8.24. The quantitative estimate of drug-likeness (QED) is 0.721. The second-order valence-electron chi connectivity index (χ2n) is 4.39. The van der Waals surface area contributed by atoms with E-state index in [0.29, 0.717) is 6.01 Å². The van der Waals surface area contributed by atoms with Gasteiger partial charge >= 0.3 is 6.01 Å². The normalized spacial score (nSPS) is 10.4. The van der Waals surface area contributed by atoms with Gasteiger partial charge in [-0.1, -0.05) is 12.1 Å². The Morgan fingerprint density at radius 1 is 1.10 bits per heavy atom. The lowest BCUT2D eigenvalue weighted by atomic mass is 10.2. The SMILES string of the molecule is OCCCCNCc1cccc(Oc2ncccn2)c1. The van der Waals surface area contributed by atoms with E-state index in [-0.39, 0.29) is 6.61 Å². The molecule has 0 saturated heterocycles. The van der Waals surface area contributed by atoms with E-state index in [2.05, 4.69) is 15.3 Å². The average Bonchev–Trinajstić information content (AvgIpc) is 2.48. The number of nitrogens with zero attached hydrogens (tertiary/aromatic N) is 2. The largest absolute Gasteiger partial charge is 0.424 e. The van der Waals surface area contributed by atoms with Gasteiger partial charge in [-0.15, -0.1) is 0 Å². The van der Waals surface area contributed by atoms with Crippen LogP contribution < -0.4 is 10.1 Å². The molecule has 0 unspecified atom stereocenters. The standard InChI is InChI=1S/C15H19N3O2/c19-10-2-1-7-16-12-13-5-3-6-14(11-13)20-15-17-8-4-9-18-15/h3-6,8-9,11,16,19H,1-2,7,10,12H2. The molecule has 1 heterocycles. The lowest BCUT2D eigenvalue weighted by Gasteiger charge is -2.07. The molecule has 0 atom stereocenters. The molecule has 2 aromatic rings. The molecule has 0 saturated carbocycles. The number of unbranched alkanes of at least 4 members (excludes halogenated alkanes) is 1. The minimum absolute atomic E-state index is 0.252. The van der Waals surface area contributed by atoms with Gasteiger partial charge in [-0.3, -0.25) is 0 Å². The molecule has 0 radical (unpaired) electrons. The van der Waals surface area contributed by atoms with Crippen LogP contribution in [0.1, 0.15) is 18.4 Å². The first kappa shape index (κ1) is 14.4. The van der Waals surface area contributed by atoms with E-state index < -0.39 is 0 Å². The molecular weight excluding hydrogens is 254 g/mol. The fourth-order valence-electron chi connectivity index (χ4n) is 1.76. The average molecular weight is 273 g/mol. The van der Waals surface area contributed by atoms with Crippen LogP contribution in [0.15, 0.2) is 42.7 Å². The Hall–Kier alpha value is -1.98. The fraction of sp³-hybridized carbons (Fsp3) is 0.333. The van der Waals surface area contributed by atoms with Crippen LogP contribution in [0.3, 0.4) is 0 Å². The van der Waals surface area contributed by atoms with Crippen molar-refractivity contribution < 1.29 is 9.84 Å². The van der Waals surface area contributed by atoms with Gasteiger partial charge in [0.1, 0.15) is 5.75 Å². The van der Waals surface area contributed by atoms with Crippen molar-refractivity contribution in [2.24, 2.45) is 0 Å². The fourth-order valence-corrected chi connectivity index (χ4v) is 1.76. The van der Waals surface area contributed by atoms with Crippen LogP contribution >= 0.6 is 0 Å². The van der Waals surface area contributed by atoms with Gasteiger partial charge in [0, 0.05) is 25.5 Å². The van der Waals surface area contributed by atoms with Crippen molar-refractivity contribution in [3.63, 3.8) is 0 Å². The van der Waals surface area contributed by atoms with Gasteiger partial charge < -0.3 is 15.2 Å². The van der Waals surface area contributed by atoms with Gasteiger partial charge in [0.25, 0.3) is 0 Å². The maximum atomic E-state index is 8.70. The van der Waals surface area contributed by atoms with Gasteiger partial charge in [-0.2, -0.15) is 0 Å². The maximum absolute atomic E-state index is 8.70. The Kier molecular flexibility index (Phi) is 5.95. The van der Waals surface area contributed by atoms with Crippen molar-refractivity contribution >= 4 is 0 Å². The third-order valence-corrected chi connectivity index (χ3v) is 2.74. The Labute approximate surface area is 118 Å². The van der Waals surface area contributed by atoms with Crippen molar-refractivity contribution in [3.05, 3.63) is 48.3 Å². The predicted octanol–water partition coefficient (Wildman–Crippen LogP) is 2.13. The molecule has 20 heavy (non-hydrogen) atoms.